The zero-order chi connectivity index (χ0) is 10.4. The van der Waals surface area contributed by atoms with E-state index in [1.54, 1.807) is 12.1 Å². The summed E-state index contributed by atoms with van der Waals surface area (Å²) < 4.78 is 0. The number of benzene rings is 1. The van der Waals surface area contributed by atoms with Crippen LogP contribution in [0.15, 0.2) is 18.2 Å². The molecule has 0 bridgehead atoms. The standard InChI is InChI=1S/C11H9NOS/c12-8-10-5-4-9(7-11(10)13)3-1-2-6-14/h4-5,7,13-14H,2,6H2. The zero-order valence-electron chi connectivity index (χ0n) is 7.49. The van der Waals surface area contributed by atoms with Gasteiger partial charge in [-0.15, -0.1) is 0 Å². The lowest BCUT2D eigenvalue weighted by Gasteiger charge is -1.95. The van der Waals surface area contributed by atoms with Crippen LogP contribution < -0.4 is 0 Å². The minimum absolute atomic E-state index is 0.0230. The first kappa shape index (κ1) is 10.5. The van der Waals surface area contributed by atoms with Crippen molar-refractivity contribution in [2.75, 3.05) is 5.75 Å². The Morgan fingerprint density at radius 2 is 2.21 bits per heavy atom. The van der Waals surface area contributed by atoms with Crippen LogP contribution in [0, 0.1) is 23.2 Å². The van der Waals surface area contributed by atoms with Crippen molar-refractivity contribution in [2.24, 2.45) is 0 Å². The molecule has 0 spiro atoms. The summed E-state index contributed by atoms with van der Waals surface area (Å²) in [6, 6.07) is 6.64. The Labute approximate surface area is 88.6 Å². The van der Waals surface area contributed by atoms with E-state index in [9.17, 15) is 5.11 Å². The number of phenolic OH excluding ortho intramolecular Hbond substituents is 1. The molecule has 3 heteroatoms. The molecule has 0 aliphatic carbocycles. The third kappa shape index (κ3) is 2.73. The largest absolute Gasteiger partial charge is 0.507 e. The first-order chi connectivity index (χ1) is 6.77. The molecule has 1 rings (SSSR count). The van der Waals surface area contributed by atoms with Crippen LogP contribution >= 0.6 is 12.6 Å². The van der Waals surface area contributed by atoms with Gasteiger partial charge in [-0.3, -0.25) is 0 Å². The van der Waals surface area contributed by atoms with Gasteiger partial charge >= 0.3 is 0 Å². The van der Waals surface area contributed by atoms with Gasteiger partial charge in [0.1, 0.15) is 11.8 Å². The van der Waals surface area contributed by atoms with Crippen LogP contribution in [0.25, 0.3) is 0 Å². The summed E-state index contributed by atoms with van der Waals surface area (Å²) in [4.78, 5) is 0. The van der Waals surface area contributed by atoms with Crippen molar-refractivity contribution in [3.8, 4) is 23.7 Å². The Morgan fingerprint density at radius 1 is 1.43 bits per heavy atom. The number of nitriles is 1. The molecule has 0 aliphatic heterocycles. The van der Waals surface area contributed by atoms with Crippen LogP contribution in [-0.4, -0.2) is 10.9 Å². The monoisotopic (exact) mass is 203 g/mol. The van der Waals surface area contributed by atoms with Crippen LogP contribution in [0.5, 0.6) is 5.75 Å². The topological polar surface area (TPSA) is 44.0 Å². The number of thiol groups is 1. The lowest BCUT2D eigenvalue weighted by molar-refractivity contribution is 0.473. The van der Waals surface area contributed by atoms with Crippen molar-refractivity contribution in [2.45, 2.75) is 6.42 Å². The Kier molecular flexibility index (Phi) is 3.91. The SMILES string of the molecule is N#Cc1ccc(C#CCCS)cc1O. The van der Waals surface area contributed by atoms with Gasteiger partial charge in [0.15, 0.2) is 0 Å². The molecule has 0 radical (unpaired) electrons. The van der Waals surface area contributed by atoms with Gasteiger partial charge in [-0.2, -0.15) is 17.9 Å². The molecule has 0 amide bonds. The second kappa shape index (κ2) is 5.21. The molecular weight excluding hydrogens is 194 g/mol. The quantitative estimate of drug-likeness (QED) is 0.541. The molecule has 70 valence electrons. The second-order valence-electron chi connectivity index (χ2n) is 2.62. The van der Waals surface area contributed by atoms with Crippen molar-refractivity contribution in [3.05, 3.63) is 29.3 Å². The molecule has 0 saturated carbocycles. The van der Waals surface area contributed by atoms with Gasteiger partial charge in [-0.25, -0.2) is 0 Å². The van der Waals surface area contributed by atoms with Crippen LogP contribution in [0.2, 0.25) is 0 Å². The molecule has 0 aliphatic rings. The summed E-state index contributed by atoms with van der Waals surface area (Å²) in [5.74, 6) is 6.46. The van der Waals surface area contributed by atoms with Crippen molar-refractivity contribution in [1.29, 1.82) is 5.26 Å². The number of rotatable bonds is 1. The molecule has 1 aromatic rings. The molecule has 0 saturated heterocycles. The summed E-state index contributed by atoms with van der Waals surface area (Å²) in [7, 11) is 0. The van der Waals surface area contributed by atoms with E-state index in [1.165, 1.54) is 6.07 Å². The van der Waals surface area contributed by atoms with E-state index in [2.05, 4.69) is 24.5 Å². The van der Waals surface area contributed by atoms with E-state index < -0.39 is 0 Å². The predicted molar refractivity (Wildman–Crippen MR) is 58.2 cm³/mol. The molecule has 14 heavy (non-hydrogen) atoms. The van der Waals surface area contributed by atoms with Crippen molar-refractivity contribution < 1.29 is 5.11 Å². The van der Waals surface area contributed by atoms with Crippen molar-refractivity contribution in [1.82, 2.24) is 0 Å². The molecule has 0 aromatic heterocycles. The highest BCUT2D eigenvalue weighted by Crippen LogP contribution is 2.16. The third-order valence-corrected chi connectivity index (χ3v) is 1.81. The molecule has 0 atom stereocenters. The number of nitrogens with zero attached hydrogens (tertiary/aromatic N) is 1. The van der Waals surface area contributed by atoms with Crippen LogP contribution in [-0.2, 0) is 0 Å². The average molecular weight is 203 g/mol. The average Bonchev–Trinajstić information content (AvgIpc) is 2.18. The van der Waals surface area contributed by atoms with Gasteiger partial charge in [0, 0.05) is 17.7 Å². The summed E-state index contributed by atoms with van der Waals surface area (Å²) in [6.45, 7) is 0. The summed E-state index contributed by atoms with van der Waals surface area (Å²) >= 11 is 4.02. The Bertz CT molecular complexity index is 423. The maximum Gasteiger partial charge on any atom is 0.134 e. The number of hydrogen-bond acceptors (Lipinski definition) is 3. The summed E-state index contributed by atoms with van der Waals surface area (Å²) in [5.41, 5.74) is 0.980. The van der Waals surface area contributed by atoms with E-state index in [0.29, 0.717) is 12.0 Å². The van der Waals surface area contributed by atoms with Gasteiger partial charge < -0.3 is 5.11 Å². The molecule has 0 heterocycles. The Morgan fingerprint density at radius 3 is 2.79 bits per heavy atom. The first-order valence-electron chi connectivity index (χ1n) is 4.11. The van der Waals surface area contributed by atoms with Crippen LogP contribution in [0.4, 0.5) is 0 Å². The number of hydrogen-bond donors (Lipinski definition) is 2. The molecule has 0 unspecified atom stereocenters. The highest BCUT2D eigenvalue weighted by molar-refractivity contribution is 7.80. The van der Waals surface area contributed by atoms with E-state index in [1.807, 2.05) is 6.07 Å². The van der Waals surface area contributed by atoms with Crippen LogP contribution in [0.3, 0.4) is 0 Å². The second-order valence-corrected chi connectivity index (χ2v) is 3.07. The van der Waals surface area contributed by atoms with Crippen molar-refractivity contribution in [3.63, 3.8) is 0 Å². The highest BCUT2D eigenvalue weighted by Gasteiger charge is 1.98. The fraction of sp³-hybridized carbons (Fsp3) is 0.182. The fourth-order valence-corrected chi connectivity index (χ4v) is 1.04. The molecular formula is C11H9NOS. The van der Waals surface area contributed by atoms with E-state index in [4.69, 9.17) is 5.26 Å². The molecule has 0 fully saturated rings. The minimum Gasteiger partial charge on any atom is -0.507 e. The number of aromatic hydroxyl groups is 1. The first-order valence-corrected chi connectivity index (χ1v) is 4.74. The lowest BCUT2D eigenvalue weighted by Crippen LogP contribution is -1.79. The highest BCUT2D eigenvalue weighted by atomic mass is 32.1. The zero-order valence-corrected chi connectivity index (χ0v) is 8.38. The molecule has 2 nitrogen and oxygen atoms in total. The Balaban J connectivity index is 2.89. The van der Waals surface area contributed by atoms with Crippen molar-refractivity contribution >= 4 is 12.6 Å². The van der Waals surface area contributed by atoms with E-state index >= 15 is 0 Å². The maximum absolute atomic E-state index is 9.34. The third-order valence-electron chi connectivity index (χ3n) is 1.59. The Hall–Kier alpha value is -1.58. The predicted octanol–water partition coefficient (Wildman–Crippen LogP) is 1.94. The lowest BCUT2D eigenvalue weighted by atomic mass is 10.1. The van der Waals surface area contributed by atoms with Gasteiger partial charge in [-0.05, 0) is 18.2 Å². The van der Waals surface area contributed by atoms with Gasteiger partial charge in [0.05, 0.1) is 5.56 Å². The van der Waals surface area contributed by atoms with E-state index in [-0.39, 0.29) is 11.3 Å². The fourth-order valence-electron chi connectivity index (χ4n) is 0.924. The van der Waals surface area contributed by atoms with Gasteiger partial charge in [0.25, 0.3) is 0 Å². The molecule has 1 N–H and O–H groups in total. The smallest absolute Gasteiger partial charge is 0.134 e. The van der Waals surface area contributed by atoms with Gasteiger partial charge in [-0.1, -0.05) is 11.8 Å². The minimum atomic E-state index is -0.0230. The van der Waals surface area contributed by atoms with Gasteiger partial charge in [0.2, 0.25) is 0 Å². The van der Waals surface area contributed by atoms with E-state index in [0.717, 1.165) is 5.75 Å². The molecule has 1 aromatic carbocycles. The number of phenols is 1. The summed E-state index contributed by atoms with van der Waals surface area (Å²) in [6.07, 6.45) is 0.712. The summed E-state index contributed by atoms with van der Waals surface area (Å²) in [5, 5.41) is 17.9. The van der Waals surface area contributed by atoms with Crippen LogP contribution in [0.1, 0.15) is 17.5 Å². The normalized spacial score (nSPS) is 8.57. The maximum atomic E-state index is 9.34.